The first-order valence-electron chi connectivity index (χ1n) is 9.36. The summed E-state index contributed by atoms with van der Waals surface area (Å²) in [5.74, 6) is 1.03. The molecule has 30 heavy (non-hydrogen) atoms. The highest BCUT2D eigenvalue weighted by Crippen LogP contribution is 2.29. The Bertz CT molecular complexity index is 835. The predicted molar refractivity (Wildman–Crippen MR) is 110 cm³/mol. The third-order valence-corrected chi connectivity index (χ3v) is 4.27. The Hall–Kier alpha value is -3.23. The molecule has 162 valence electrons. The number of alkyl halides is 3. The Morgan fingerprint density at radius 1 is 0.933 bits per heavy atom. The van der Waals surface area contributed by atoms with E-state index in [4.69, 9.17) is 4.74 Å². The van der Waals surface area contributed by atoms with Gasteiger partial charge < -0.3 is 20.7 Å². The maximum atomic E-state index is 12.6. The van der Waals surface area contributed by atoms with Crippen molar-refractivity contribution in [3.63, 3.8) is 0 Å². The van der Waals surface area contributed by atoms with Gasteiger partial charge in [0.1, 0.15) is 5.75 Å². The lowest BCUT2D eigenvalue weighted by molar-refractivity contribution is -0.137. The van der Waals surface area contributed by atoms with Crippen molar-refractivity contribution in [1.82, 2.24) is 16.0 Å². The van der Waals surface area contributed by atoms with E-state index in [0.717, 1.165) is 17.7 Å². The van der Waals surface area contributed by atoms with E-state index in [1.54, 1.807) is 38.4 Å². The molecule has 2 aromatic carbocycles. The minimum absolute atomic E-state index is 0.190. The second kappa shape index (κ2) is 11.1. The molecule has 0 aromatic heterocycles. The normalized spacial score (nSPS) is 11.7. The molecule has 0 saturated carbocycles. The van der Waals surface area contributed by atoms with E-state index in [2.05, 4.69) is 20.9 Å². The number of rotatable bonds is 8. The van der Waals surface area contributed by atoms with Crippen LogP contribution >= 0.6 is 0 Å². The van der Waals surface area contributed by atoms with Gasteiger partial charge in [-0.1, -0.05) is 12.1 Å². The highest BCUT2D eigenvalue weighted by Gasteiger charge is 2.29. The Balaban J connectivity index is 1.67. The number of aliphatic imine (C=N–C) groups is 1. The van der Waals surface area contributed by atoms with Gasteiger partial charge in [0.25, 0.3) is 5.91 Å². The van der Waals surface area contributed by atoms with Gasteiger partial charge in [-0.15, -0.1) is 0 Å². The van der Waals surface area contributed by atoms with Gasteiger partial charge >= 0.3 is 6.18 Å². The Labute approximate surface area is 173 Å². The second-order valence-electron chi connectivity index (χ2n) is 6.35. The summed E-state index contributed by atoms with van der Waals surface area (Å²) < 4.78 is 42.8. The summed E-state index contributed by atoms with van der Waals surface area (Å²) in [4.78, 5) is 16.2. The third-order valence-electron chi connectivity index (χ3n) is 4.27. The molecule has 0 saturated heterocycles. The van der Waals surface area contributed by atoms with Crippen molar-refractivity contribution in [2.45, 2.75) is 12.6 Å². The molecule has 0 heterocycles. The number of amides is 1. The maximum Gasteiger partial charge on any atom is 0.416 e. The van der Waals surface area contributed by atoms with Crippen LogP contribution in [0.1, 0.15) is 21.5 Å². The Kier molecular flexibility index (Phi) is 8.52. The standard InChI is InChI=1S/C21H25F3N4O2/c1-25-20(27-12-11-15-3-7-17(8-4-15)21(22,23)24)28-14-13-26-19(29)16-5-9-18(30-2)10-6-16/h3-10H,11-14H2,1-2H3,(H,26,29)(H2,25,27,28). The molecule has 0 spiro atoms. The number of carbonyl (C=O) groups is 1. The monoisotopic (exact) mass is 422 g/mol. The minimum Gasteiger partial charge on any atom is -0.497 e. The van der Waals surface area contributed by atoms with Crippen LogP contribution in [0, 0.1) is 0 Å². The summed E-state index contributed by atoms with van der Waals surface area (Å²) >= 11 is 0. The number of benzene rings is 2. The van der Waals surface area contributed by atoms with E-state index in [-0.39, 0.29) is 5.91 Å². The summed E-state index contributed by atoms with van der Waals surface area (Å²) in [6, 6.07) is 11.9. The maximum absolute atomic E-state index is 12.6. The van der Waals surface area contributed by atoms with Gasteiger partial charge in [-0.2, -0.15) is 13.2 Å². The summed E-state index contributed by atoms with van der Waals surface area (Å²) in [6.45, 7) is 1.36. The molecule has 6 nitrogen and oxygen atoms in total. The van der Waals surface area contributed by atoms with E-state index in [0.29, 0.717) is 43.3 Å². The van der Waals surface area contributed by atoms with Crippen molar-refractivity contribution in [3.05, 3.63) is 65.2 Å². The number of carbonyl (C=O) groups excluding carboxylic acids is 1. The van der Waals surface area contributed by atoms with Crippen LogP contribution in [-0.2, 0) is 12.6 Å². The van der Waals surface area contributed by atoms with Crippen LogP contribution < -0.4 is 20.7 Å². The number of ether oxygens (including phenoxy) is 1. The first kappa shape index (κ1) is 23.1. The van der Waals surface area contributed by atoms with Crippen molar-refractivity contribution in [2.24, 2.45) is 4.99 Å². The van der Waals surface area contributed by atoms with Gasteiger partial charge in [-0.25, -0.2) is 0 Å². The summed E-state index contributed by atoms with van der Waals surface area (Å²) in [7, 11) is 3.18. The van der Waals surface area contributed by atoms with E-state index >= 15 is 0 Å². The van der Waals surface area contributed by atoms with Gasteiger partial charge in [0, 0.05) is 32.2 Å². The molecule has 3 N–H and O–H groups in total. The first-order chi connectivity index (χ1) is 14.3. The van der Waals surface area contributed by atoms with Crippen molar-refractivity contribution in [1.29, 1.82) is 0 Å². The number of guanidine groups is 1. The van der Waals surface area contributed by atoms with Gasteiger partial charge in [0.15, 0.2) is 5.96 Å². The lowest BCUT2D eigenvalue weighted by atomic mass is 10.1. The lowest BCUT2D eigenvalue weighted by Gasteiger charge is -2.13. The Morgan fingerprint density at radius 3 is 2.10 bits per heavy atom. The zero-order valence-corrected chi connectivity index (χ0v) is 16.8. The molecule has 0 radical (unpaired) electrons. The lowest BCUT2D eigenvalue weighted by Crippen LogP contribution is -2.42. The number of hydrogen-bond acceptors (Lipinski definition) is 3. The number of nitrogens with one attached hydrogen (secondary N) is 3. The molecule has 9 heteroatoms. The van der Waals surface area contributed by atoms with E-state index in [9.17, 15) is 18.0 Å². The molecule has 0 unspecified atom stereocenters. The zero-order valence-electron chi connectivity index (χ0n) is 16.8. The molecular formula is C21H25F3N4O2. The van der Waals surface area contributed by atoms with Gasteiger partial charge in [-0.05, 0) is 48.4 Å². The average Bonchev–Trinajstić information content (AvgIpc) is 2.75. The largest absolute Gasteiger partial charge is 0.497 e. The van der Waals surface area contributed by atoms with Crippen LogP contribution in [0.4, 0.5) is 13.2 Å². The number of halogens is 3. The summed E-state index contributed by atoms with van der Waals surface area (Å²) in [5, 5.41) is 8.95. The highest BCUT2D eigenvalue weighted by molar-refractivity contribution is 5.94. The molecule has 2 aromatic rings. The van der Waals surface area contributed by atoms with E-state index in [1.807, 2.05) is 0 Å². The summed E-state index contributed by atoms with van der Waals surface area (Å²) in [6.07, 6.45) is -3.78. The fourth-order valence-electron chi connectivity index (χ4n) is 2.61. The highest BCUT2D eigenvalue weighted by atomic mass is 19.4. The topological polar surface area (TPSA) is 74.8 Å². The third kappa shape index (κ3) is 7.31. The molecule has 0 aliphatic carbocycles. The number of methoxy groups -OCH3 is 1. The van der Waals surface area contributed by atoms with Crippen LogP contribution in [0.15, 0.2) is 53.5 Å². The molecule has 0 aliphatic heterocycles. The van der Waals surface area contributed by atoms with E-state index < -0.39 is 11.7 Å². The van der Waals surface area contributed by atoms with Crippen molar-refractivity contribution in [2.75, 3.05) is 33.8 Å². The molecular weight excluding hydrogens is 397 g/mol. The predicted octanol–water partition coefficient (Wildman–Crippen LogP) is 2.85. The van der Waals surface area contributed by atoms with Gasteiger partial charge in [-0.3, -0.25) is 9.79 Å². The van der Waals surface area contributed by atoms with Crippen molar-refractivity contribution in [3.8, 4) is 5.75 Å². The zero-order chi connectivity index (χ0) is 22.0. The van der Waals surface area contributed by atoms with E-state index in [1.165, 1.54) is 12.1 Å². The number of nitrogens with zero attached hydrogens (tertiary/aromatic N) is 1. The van der Waals surface area contributed by atoms with Crippen LogP contribution in [0.3, 0.4) is 0 Å². The molecule has 2 rings (SSSR count). The molecule has 1 amide bonds. The van der Waals surface area contributed by atoms with Crippen molar-refractivity contribution < 1.29 is 22.7 Å². The van der Waals surface area contributed by atoms with Crippen LogP contribution in [-0.4, -0.2) is 45.7 Å². The van der Waals surface area contributed by atoms with Gasteiger partial charge in [0.2, 0.25) is 0 Å². The minimum atomic E-state index is -4.33. The quantitative estimate of drug-likeness (QED) is 0.348. The Morgan fingerprint density at radius 2 is 1.53 bits per heavy atom. The fraction of sp³-hybridized carbons (Fsp3) is 0.333. The van der Waals surface area contributed by atoms with Crippen LogP contribution in [0.5, 0.6) is 5.75 Å². The van der Waals surface area contributed by atoms with Crippen LogP contribution in [0.2, 0.25) is 0 Å². The molecule has 0 fully saturated rings. The van der Waals surface area contributed by atoms with Gasteiger partial charge in [0.05, 0.1) is 12.7 Å². The molecule has 0 bridgehead atoms. The smallest absolute Gasteiger partial charge is 0.416 e. The first-order valence-corrected chi connectivity index (χ1v) is 9.36. The summed E-state index contributed by atoms with van der Waals surface area (Å²) in [5.41, 5.74) is 0.668. The SMILES string of the molecule is CN=C(NCCNC(=O)c1ccc(OC)cc1)NCCc1ccc(C(F)(F)F)cc1. The molecule has 0 aliphatic rings. The average molecular weight is 422 g/mol. The second-order valence-corrected chi connectivity index (χ2v) is 6.35. The van der Waals surface area contributed by atoms with Crippen molar-refractivity contribution >= 4 is 11.9 Å². The van der Waals surface area contributed by atoms with Crippen LogP contribution in [0.25, 0.3) is 0 Å². The fourth-order valence-corrected chi connectivity index (χ4v) is 2.61. The molecule has 0 atom stereocenters. The number of hydrogen-bond donors (Lipinski definition) is 3.